The fourth-order valence-corrected chi connectivity index (χ4v) is 8.70. The van der Waals surface area contributed by atoms with E-state index in [0.717, 1.165) is 23.7 Å². The van der Waals surface area contributed by atoms with Gasteiger partial charge in [0.25, 0.3) is 0 Å². The van der Waals surface area contributed by atoms with E-state index in [9.17, 15) is 4.79 Å². The lowest BCUT2D eigenvalue weighted by atomic mass is 9.47. The minimum atomic E-state index is 0.240. The molecule has 0 aromatic carbocycles. The molecule has 0 saturated heterocycles. The van der Waals surface area contributed by atoms with Gasteiger partial charge < -0.3 is 0 Å². The van der Waals surface area contributed by atoms with E-state index in [2.05, 4.69) is 59.8 Å². The van der Waals surface area contributed by atoms with Gasteiger partial charge in [0.05, 0.1) is 0 Å². The predicted octanol–water partition coefficient (Wildman–Crippen LogP) is 8.01. The van der Waals surface area contributed by atoms with Crippen LogP contribution in [0.25, 0.3) is 0 Å². The summed E-state index contributed by atoms with van der Waals surface area (Å²) in [5.74, 6) is 5.23. The smallest absolute Gasteiger partial charge is 0.159 e. The Bertz CT molecular complexity index is 714. The molecule has 0 radical (unpaired) electrons. The van der Waals surface area contributed by atoms with E-state index in [1.165, 1.54) is 63.4 Å². The summed E-state index contributed by atoms with van der Waals surface area (Å²) in [5, 5.41) is 0. The van der Waals surface area contributed by atoms with Crippen LogP contribution < -0.4 is 0 Å². The standard InChI is InChI=1S/C29H46O/c1-7-21(19(2)3)12-11-20(4)23-13-14-24-27-25(15-17-29(23,24)6)28(5)16-9-8-10-22(28)18-26(27)30/h8,10,18-21,23-25,27H,7,9,11-17H2,1-6H3/t20-,21-,23-,24+,25-,27+,28+,29-/m1/s1. The van der Waals surface area contributed by atoms with Gasteiger partial charge >= 0.3 is 0 Å². The molecule has 2 saturated carbocycles. The second-order valence-corrected chi connectivity index (χ2v) is 12.3. The number of carbonyl (C=O) groups excluding carboxylic acids is 1. The Balaban J connectivity index is 1.53. The number of ketones is 1. The topological polar surface area (TPSA) is 17.1 Å². The van der Waals surface area contributed by atoms with Crippen LogP contribution in [0.15, 0.2) is 23.8 Å². The second-order valence-electron chi connectivity index (χ2n) is 12.3. The van der Waals surface area contributed by atoms with Gasteiger partial charge in [0.1, 0.15) is 0 Å². The van der Waals surface area contributed by atoms with E-state index in [1.807, 2.05) is 0 Å². The van der Waals surface area contributed by atoms with Gasteiger partial charge in [-0.2, -0.15) is 0 Å². The van der Waals surface area contributed by atoms with Gasteiger partial charge in [-0.3, -0.25) is 4.79 Å². The first-order valence-corrected chi connectivity index (χ1v) is 13.1. The van der Waals surface area contributed by atoms with Crippen LogP contribution in [-0.4, -0.2) is 5.78 Å². The number of carbonyl (C=O) groups is 1. The molecule has 30 heavy (non-hydrogen) atoms. The number of fused-ring (bicyclic) bond motifs is 5. The lowest BCUT2D eigenvalue weighted by molar-refractivity contribution is -0.133. The van der Waals surface area contributed by atoms with Crippen LogP contribution in [0.1, 0.15) is 99.3 Å². The van der Waals surface area contributed by atoms with Crippen molar-refractivity contribution in [3.05, 3.63) is 23.8 Å². The quantitative estimate of drug-likeness (QED) is 0.433. The van der Waals surface area contributed by atoms with Crippen molar-refractivity contribution in [2.75, 3.05) is 0 Å². The van der Waals surface area contributed by atoms with Gasteiger partial charge in [-0.25, -0.2) is 0 Å². The normalized spacial score (nSPS) is 42.4. The van der Waals surface area contributed by atoms with Crippen molar-refractivity contribution in [1.29, 1.82) is 0 Å². The minimum Gasteiger partial charge on any atom is -0.295 e. The molecule has 2 fully saturated rings. The molecular formula is C29H46O. The van der Waals surface area contributed by atoms with E-state index in [1.54, 1.807) is 0 Å². The summed E-state index contributed by atoms with van der Waals surface area (Å²) >= 11 is 0. The molecule has 0 N–H and O–H groups in total. The molecule has 4 aliphatic rings. The summed E-state index contributed by atoms with van der Waals surface area (Å²) < 4.78 is 0. The van der Waals surface area contributed by atoms with Crippen molar-refractivity contribution in [3.8, 4) is 0 Å². The van der Waals surface area contributed by atoms with Gasteiger partial charge in [0.2, 0.25) is 0 Å². The van der Waals surface area contributed by atoms with Crippen LogP contribution >= 0.6 is 0 Å². The largest absolute Gasteiger partial charge is 0.295 e. The van der Waals surface area contributed by atoms with Crippen LogP contribution in [0.5, 0.6) is 0 Å². The molecule has 0 heterocycles. The molecule has 4 rings (SSSR count). The van der Waals surface area contributed by atoms with E-state index < -0.39 is 0 Å². The van der Waals surface area contributed by atoms with Crippen molar-refractivity contribution in [2.24, 2.45) is 52.3 Å². The first kappa shape index (κ1) is 22.3. The highest BCUT2D eigenvalue weighted by atomic mass is 16.1. The zero-order valence-corrected chi connectivity index (χ0v) is 20.5. The Morgan fingerprint density at radius 1 is 1.03 bits per heavy atom. The number of hydrogen-bond acceptors (Lipinski definition) is 1. The zero-order valence-electron chi connectivity index (χ0n) is 20.5. The Morgan fingerprint density at radius 2 is 1.80 bits per heavy atom. The third kappa shape index (κ3) is 3.47. The van der Waals surface area contributed by atoms with Gasteiger partial charge in [0.15, 0.2) is 5.78 Å². The van der Waals surface area contributed by atoms with E-state index in [0.29, 0.717) is 29.0 Å². The maximum absolute atomic E-state index is 13.4. The molecule has 8 atom stereocenters. The van der Waals surface area contributed by atoms with Crippen molar-refractivity contribution < 1.29 is 4.79 Å². The summed E-state index contributed by atoms with van der Waals surface area (Å²) in [6.07, 6.45) is 18.3. The van der Waals surface area contributed by atoms with E-state index in [-0.39, 0.29) is 5.41 Å². The lowest BCUT2D eigenvalue weighted by Crippen LogP contribution is -2.52. The van der Waals surface area contributed by atoms with E-state index >= 15 is 0 Å². The molecule has 1 nitrogen and oxygen atoms in total. The van der Waals surface area contributed by atoms with Crippen molar-refractivity contribution in [2.45, 2.75) is 99.3 Å². The number of rotatable bonds is 6. The Kier molecular flexibility index (Phi) is 6.15. The Hall–Kier alpha value is -0.850. The first-order valence-electron chi connectivity index (χ1n) is 13.1. The number of allylic oxidation sites excluding steroid dienone is 4. The third-order valence-corrected chi connectivity index (χ3v) is 10.7. The first-order chi connectivity index (χ1) is 14.2. The van der Waals surface area contributed by atoms with Crippen molar-refractivity contribution in [3.63, 3.8) is 0 Å². The van der Waals surface area contributed by atoms with Crippen molar-refractivity contribution >= 4 is 5.78 Å². The molecular weight excluding hydrogens is 364 g/mol. The summed E-state index contributed by atoms with van der Waals surface area (Å²) in [7, 11) is 0. The maximum atomic E-state index is 13.4. The molecule has 1 heteroatoms. The second kappa shape index (κ2) is 8.25. The molecule has 4 aliphatic carbocycles. The molecule has 0 aromatic heterocycles. The monoisotopic (exact) mass is 410 g/mol. The van der Waals surface area contributed by atoms with Crippen molar-refractivity contribution in [1.82, 2.24) is 0 Å². The molecule has 0 bridgehead atoms. The fourth-order valence-electron chi connectivity index (χ4n) is 8.70. The molecule has 0 spiro atoms. The Morgan fingerprint density at radius 3 is 2.50 bits per heavy atom. The van der Waals surface area contributed by atoms with Crippen LogP contribution in [0.4, 0.5) is 0 Å². The molecule has 0 aromatic rings. The van der Waals surface area contributed by atoms with Gasteiger partial charge in [0, 0.05) is 5.92 Å². The highest BCUT2D eigenvalue weighted by Crippen LogP contribution is 2.66. The third-order valence-electron chi connectivity index (χ3n) is 10.7. The molecule has 168 valence electrons. The van der Waals surface area contributed by atoms with Gasteiger partial charge in [-0.05, 0) is 103 Å². The zero-order chi connectivity index (χ0) is 21.7. The maximum Gasteiger partial charge on any atom is 0.159 e. The predicted molar refractivity (Wildman–Crippen MR) is 127 cm³/mol. The molecule has 0 aliphatic heterocycles. The van der Waals surface area contributed by atoms with E-state index in [4.69, 9.17) is 0 Å². The number of hydrogen-bond donors (Lipinski definition) is 0. The Labute approximate surface area is 186 Å². The SMILES string of the molecule is CC[C@H](CC[C@@H](C)[C@H]1CC[C@H]2[C@@H]3C(=O)C=C4C=CCC[C@]4(C)[C@@H]3CC[C@]12C)C(C)C. The van der Waals surface area contributed by atoms with Gasteiger partial charge in [-0.15, -0.1) is 0 Å². The fraction of sp³-hybridized carbons (Fsp3) is 0.828. The minimum absolute atomic E-state index is 0.240. The van der Waals surface area contributed by atoms with Crippen LogP contribution in [0.2, 0.25) is 0 Å². The summed E-state index contributed by atoms with van der Waals surface area (Å²) in [4.78, 5) is 13.4. The average molecular weight is 411 g/mol. The van der Waals surface area contributed by atoms with Crippen LogP contribution in [0.3, 0.4) is 0 Å². The average Bonchev–Trinajstić information content (AvgIpc) is 3.05. The highest BCUT2D eigenvalue weighted by Gasteiger charge is 2.60. The summed E-state index contributed by atoms with van der Waals surface area (Å²) in [6.45, 7) is 14.7. The lowest BCUT2D eigenvalue weighted by Gasteiger charge is -2.56. The highest BCUT2D eigenvalue weighted by molar-refractivity contribution is 5.95. The van der Waals surface area contributed by atoms with Crippen LogP contribution in [-0.2, 0) is 4.79 Å². The molecule has 0 amide bonds. The van der Waals surface area contributed by atoms with Gasteiger partial charge in [-0.1, -0.05) is 66.5 Å². The molecule has 0 unspecified atom stereocenters. The summed E-state index contributed by atoms with van der Waals surface area (Å²) in [6, 6.07) is 0. The van der Waals surface area contributed by atoms with Crippen LogP contribution in [0, 0.1) is 52.3 Å². The summed E-state index contributed by atoms with van der Waals surface area (Å²) in [5.41, 5.74) is 1.96.